The number of hydrogen-bond donors (Lipinski definition) is 0. The van der Waals surface area contributed by atoms with Crippen molar-refractivity contribution in [3.05, 3.63) is 257 Å². The number of fused-ring (bicyclic) bond motifs is 20. The maximum Gasteiger partial charge on any atom is 0.143 e. The van der Waals surface area contributed by atoms with Crippen LogP contribution in [0.25, 0.3) is 111 Å². The van der Waals surface area contributed by atoms with Crippen molar-refractivity contribution < 1.29 is 8.83 Å². The van der Waals surface area contributed by atoms with E-state index in [-0.39, 0.29) is 21.7 Å². The molecule has 109 heavy (non-hydrogen) atoms. The largest absolute Gasteiger partial charge is 0.456 e. The van der Waals surface area contributed by atoms with Crippen LogP contribution in [0.4, 0.5) is 17.1 Å². The summed E-state index contributed by atoms with van der Waals surface area (Å²) >= 11 is 0. The highest BCUT2D eigenvalue weighted by molar-refractivity contribution is 6.19. The Bertz CT molecular complexity index is 5460. The normalized spacial score (nSPS) is 14.8. The molecule has 4 aliphatic rings. The van der Waals surface area contributed by atoms with E-state index in [1.807, 2.05) is 0 Å². The molecule has 3 nitrogen and oxygen atoms in total. The molecule has 13 aromatic rings. The van der Waals surface area contributed by atoms with Crippen LogP contribution < -0.4 is 4.90 Å². The van der Waals surface area contributed by atoms with E-state index in [9.17, 15) is 0 Å². The minimum absolute atomic E-state index is 0.114. The first kappa shape index (κ1) is 72.7. The van der Waals surface area contributed by atoms with E-state index >= 15 is 0 Å². The van der Waals surface area contributed by atoms with Crippen LogP contribution in [-0.4, -0.2) is 0 Å². The summed E-state index contributed by atoms with van der Waals surface area (Å²) in [6, 6.07) is 83.0. The third-order valence-electron chi connectivity index (χ3n) is 27.0. The predicted octanol–water partition coefficient (Wildman–Crippen LogP) is 32.4. The maximum absolute atomic E-state index is 7.20. The number of anilines is 3. The second-order valence-electron chi connectivity index (χ2n) is 34.6. The van der Waals surface area contributed by atoms with Crippen LogP contribution in [-0.2, 0) is 21.7 Å². The van der Waals surface area contributed by atoms with Crippen LogP contribution in [0.15, 0.2) is 221 Å². The van der Waals surface area contributed by atoms with E-state index in [0.29, 0.717) is 0 Å². The molecule has 2 aromatic heterocycles. The van der Waals surface area contributed by atoms with E-state index in [1.54, 1.807) is 16.7 Å². The van der Waals surface area contributed by atoms with Gasteiger partial charge in [0.1, 0.15) is 22.3 Å². The smallest absolute Gasteiger partial charge is 0.143 e. The quantitative estimate of drug-likeness (QED) is 0.0384. The number of benzene rings is 11. The lowest BCUT2D eigenvalue weighted by Gasteiger charge is -2.35. The van der Waals surface area contributed by atoms with Crippen LogP contribution in [0.3, 0.4) is 0 Å². The molecule has 17 rings (SSSR count). The Kier molecular flexibility index (Phi) is 20.4. The van der Waals surface area contributed by atoms with Crippen LogP contribution in [0.1, 0.15) is 280 Å². The lowest BCUT2D eigenvalue weighted by molar-refractivity contribution is 0.394. The average molecular weight is 1440 g/mol. The molecule has 3 heteroatoms. The third kappa shape index (κ3) is 12.7. The number of hydrogen-bond acceptors (Lipinski definition) is 3. The van der Waals surface area contributed by atoms with E-state index in [1.165, 1.54) is 289 Å². The molecule has 0 unspecified atom stereocenters. The third-order valence-corrected chi connectivity index (χ3v) is 27.0. The molecule has 4 aliphatic carbocycles. The monoisotopic (exact) mass is 1430 g/mol. The first-order valence-corrected chi connectivity index (χ1v) is 43.1. The fraction of sp³-hybridized carbons (Fsp3) is 0.377. The molecule has 0 spiro atoms. The standard InChI is InChI=1S/C106H115NO2/c1-9-13-17-21-25-38-61-105(62-39-26-22-18-14-10-2)88-59-60-97-100(82-48-33-36-51-95(82)108-97)99(88)86-71-92-85(70-93(86)105)80-57-54-77(68-91(80)106(92,63-40-27-23-19-15-11-3)64-41-28-24-20-16-12-4)107(75-46-42-45-73(65-75)72-43-30-29-31-44-72)76-55-58-81-90(67-76)104(7,8)94-69-84(102-101(98(81)94)83-49-34-37-52-96(83)109-102)74-53-56-79-78-47-32-35-50-87(78)103(5,6)89(79)66-74/h29-37,42-60,65-71H,9-28,38-41,61-64H2,1-8H3. The number of unbranched alkanes of at least 4 members (excludes halogenated alkanes) is 20. The fourth-order valence-electron chi connectivity index (χ4n) is 21.3. The first-order chi connectivity index (χ1) is 53.4. The zero-order chi connectivity index (χ0) is 74.4. The minimum Gasteiger partial charge on any atom is -0.456 e. The zero-order valence-corrected chi connectivity index (χ0v) is 66.8. The molecule has 0 N–H and O–H groups in total. The Labute approximate surface area is 651 Å². The lowest BCUT2D eigenvalue weighted by atomic mass is 9.68. The molecule has 0 saturated carbocycles. The van der Waals surface area contributed by atoms with Crippen molar-refractivity contribution >= 4 is 60.9 Å². The van der Waals surface area contributed by atoms with Gasteiger partial charge in [0.2, 0.25) is 0 Å². The van der Waals surface area contributed by atoms with E-state index in [2.05, 4.69) is 273 Å². The van der Waals surface area contributed by atoms with Gasteiger partial charge in [-0.15, -0.1) is 0 Å². The summed E-state index contributed by atoms with van der Waals surface area (Å²) in [5, 5.41) is 4.95. The van der Waals surface area contributed by atoms with Crippen LogP contribution in [0.5, 0.6) is 0 Å². The molecule has 0 aliphatic heterocycles. The predicted molar refractivity (Wildman–Crippen MR) is 466 cm³/mol. The van der Waals surface area contributed by atoms with Crippen LogP contribution >= 0.6 is 0 Å². The summed E-state index contributed by atoms with van der Waals surface area (Å²) in [4.78, 5) is 2.65. The topological polar surface area (TPSA) is 29.5 Å². The highest BCUT2D eigenvalue weighted by Crippen LogP contribution is 2.64. The summed E-state index contributed by atoms with van der Waals surface area (Å²) < 4.78 is 14.2. The Morgan fingerprint density at radius 3 is 1.36 bits per heavy atom. The highest BCUT2D eigenvalue weighted by atomic mass is 16.3. The second kappa shape index (κ2) is 30.6. The van der Waals surface area contributed by atoms with Gasteiger partial charge in [0, 0.05) is 65.8 Å². The van der Waals surface area contributed by atoms with Crippen molar-refractivity contribution in [1.29, 1.82) is 0 Å². The van der Waals surface area contributed by atoms with Crippen molar-refractivity contribution in [2.75, 3.05) is 4.90 Å². The highest BCUT2D eigenvalue weighted by Gasteiger charge is 2.50. The zero-order valence-electron chi connectivity index (χ0n) is 66.8. The summed E-state index contributed by atoms with van der Waals surface area (Å²) in [5.74, 6) is 0. The lowest BCUT2D eigenvalue weighted by Crippen LogP contribution is -2.27. The summed E-state index contributed by atoms with van der Waals surface area (Å²) in [5.41, 5.74) is 34.3. The Balaban J connectivity index is 0.860. The Morgan fingerprint density at radius 2 is 0.706 bits per heavy atom. The summed E-state index contributed by atoms with van der Waals surface area (Å²) in [7, 11) is 0. The molecule has 2 heterocycles. The van der Waals surface area contributed by atoms with Gasteiger partial charge in [-0.3, -0.25) is 0 Å². The first-order valence-electron chi connectivity index (χ1n) is 43.1. The van der Waals surface area contributed by atoms with Crippen molar-refractivity contribution in [1.82, 2.24) is 0 Å². The van der Waals surface area contributed by atoms with Gasteiger partial charge in [-0.05, 0) is 210 Å². The van der Waals surface area contributed by atoms with Crippen molar-refractivity contribution in [3.63, 3.8) is 0 Å². The minimum atomic E-state index is -0.374. The molecule has 556 valence electrons. The molecule has 0 atom stereocenters. The number of furan rings is 2. The SMILES string of the molecule is CCCCCCCCC1(CCCCCCCC)c2cc(N(c3cccc(-c4ccccc4)c3)c3ccc4c(c3)C(C)(C)c3cc(-c5ccc6c(c5)C(C)(C)c5ccccc5-6)c5oc6ccccc6c5c3-4)ccc2-c2cc3c(cc21)-c1c(ccc2oc4ccccc4c12)C3(CCCCCCCC)CCCCCCCC. The summed E-state index contributed by atoms with van der Waals surface area (Å²) in [6.45, 7) is 19.2. The van der Waals surface area contributed by atoms with Gasteiger partial charge < -0.3 is 13.7 Å². The van der Waals surface area contributed by atoms with Gasteiger partial charge in [-0.2, -0.15) is 0 Å². The van der Waals surface area contributed by atoms with Gasteiger partial charge in [0.15, 0.2) is 0 Å². The number of rotatable bonds is 33. The van der Waals surface area contributed by atoms with Crippen molar-refractivity contribution in [2.45, 2.75) is 257 Å². The van der Waals surface area contributed by atoms with Crippen LogP contribution in [0, 0.1) is 0 Å². The number of nitrogens with zero attached hydrogens (tertiary/aromatic N) is 1. The van der Waals surface area contributed by atoms with Gasteiger partial charge in [0.05, 0.1) is 0 Å². The average Bonchev–Trinajstić information content (AvgIpc) is 1.53. The maximum atomic E-state index is 7.20. The molecule has 0 amide bonds. The van der Waals surface area contributed by atoms with Gasteiger partial charge in [-0.25, -0.2) is 0 Å². The van der Waals surface area contributed by atoms with Gasteiger partial charge in [-0.1, -0.05) is 343 Å². The van der Waals surface area contributed by atoms with E-state index in [0.717, 1.165) is 46.4 Å². The molecule has 0 radical (unpaired) electrons. The van der Waals surface area contributed by atoms with Crippen molar-refractivity contribution in [2.24, 2.45) is 0 Å². The van der Waals surface area contributed by atoms with E-state index in [4.69, 9.17) is 8.83 Å². The van der Waals surface area contributed by atoms with Crippen LogP contribution in [0.2, 0.25) is 0 Å². The summed E-state index contributed by atoms with van der Waals surface area (Å²) in [6.07, 6.45) is 35.4. The molecule has 0 bridgehead atoms. The van der Waals surface area contributed by atoms with E-state index < -0.39 is 0 Å². The van der Waals surface area contributed by atoms with Crippen molar-refractivity contribution in [3.8, 4) is 66.8 Å². The fourth-order valence-corrected chi connectivity index (χ4v) is 21.3. The molecular formula is C106H115NO2. The second-order valence-corrected chi connectivity index (χ2v) is 34.6. The Morgan fingerprint density at radius 1 is 0.257 bits per heavy atom. The molecule has 0 fully saturated rings. The Hall–Kier alpha value is -9.18. The molecule has 0 saturated heterocycles. The van der Waals surface area contributed by atoms with Gasteiger partial charge in [0.25, 0.3) is 0 Å². The number of para-hydroxylation sites is 2. The van der Waals surface area contributed by atoms with Gasteiger partial charge >= 0.3 is 0 Å². The molecular weight excluding hydrogens is 1320 g/mol. The molecule has 11 aromatic carbocycles.